The highest BCUT2D eigenvalue weighted by atomic mass is 16.5. The van der Waals surface area contributed by atoms with Gasteiger partial charge in [0.1, 0.15) is 6.10 Å². The third kappa shape index (κ3) is 2.21. The Morgan fingerprint density at radius 1 is 1.12 bits per heavy atom. The van der Waals surface area contributed by atoms with Crippen LogP contribution in [0.4, 0.5) is 0 Å². The van der Waals surface area contributed by atoms with E-state index in [9.17, 15) is 4.79 Å². The summed E-state index contributed by atoms with van der Waals surface area (Å²) < 4.78 is 5.51. The third-order valence-corrected chi connectivity index (χ3v) is 3.89. The molecule has 3 heteroatoms. The molecule has 0 radical (unpaired) electrons. The number of nitrogens with zero attached hydrogens (tertiary/aromatic N) is 1. The first-order chi connectivity index (χ1) is 7.77. The number of hydrogen-bond acceptors (Lipinski definition) is 3. The number of hydrogen-bond donors (Lipinski definition) is 0. The lowest BCUT2D eigenvalue weighted by Gasteiger charge is -2.26. The van der Waals surface area contributed by atoms with E-state index in [1.165, 1.54) is 6.42 Å². The van der Waals surface area contributed by atoms with Crippen LogP contribution >= 0.6 is 0 Å². The Morgan fingerprint density at radius 2 is 1.75 bits per heavy atom. The molecule has 3 nitrogen and oxygen atoms in total. The predicted molar refractivity (Wildman–Crippen MR) is 59.5 cm³/mol. The summed E-state index contributed by atoms with van der Waals surface area (Å²) in [4.78, 5) is 12.0. The number of rotatable bonds is 2. The van der Waals surface area contributed by atoms with Gasteiger partial charge in [-0.3, -0.25) is 4.79 Å². The van der Waals surface area contributed by atoms with Crippen LogP contribution in [0.5, 0.6) is 0 Å². The zero-order chi connectivity index (χ0) is 11.4. The minimum atomic E-state index is -0.808. The van der Waals surface area contributed by atoms with E-state index in [4.69, 9.17) is 10.00 Å². The highest BCUT2D eigenvalue weighted by molar-refractivity contribution is 5.80. The second kappa shape index (κ2) is 4.86. The second-order valence-corrected chi connectivity index (χ2v) is 5.07. The molecule has 0 aliphatic heterocycles. The predicted octanol–water partition coefficient (Wildman–Crippen LogP) is 2.95. The SMILES string of the molecule is N#CC1(C(=O)OC2CCCCC2)CCCC1. The Morgan fingerprint density at radius 3 is 2.31 bits per heavy atom. The molecule has 0 unspecified atom stereocenters. The standard InChI is InChI=1S/C13H19NO2/c14-10-13(8-4-5-9-13)12(15)16-11-6-2-1-3-7-11/h11H,1-9H2. The van der Waals surface area contributed by atoms with Crippen molar-refractivity contribution in [2.75, 3.05) is 0 Å². The van der Waals surface area contributed by atoms with Gasteiger partial charge < -0.3 is 4.74 Å². The van der Waals surface area contributed by atoms with E-state index >= 15 is 0 Å². The van der Waals surface area contributed by atoms with Gasteiger partial charge in [0.15, 0.2) is 5.41 Å². The smallest absolute Gasteiger partial charge is 0.326 e. The fourth-order valence-electron chi connectivity index (χ4n) is 2.79. The fraction of sp³-hybridized carbons (Fsp3) is 0.846. The largest absolute Gasteiger partial charge is 0.461 e. The van der Waals surface area contributed by atoms with Gasteiger partial charge >= 0.3 is 5.97 Å². The van der Waals surface area contributed by atoms with Crippen molar-refractivity contribution >= 4 is 5.97 Å². The molecule has 0 bridgehead atoms. The maximum Gasteiger partial charge on any atom is 0.326 e. The van der Waals surface area contributed by atoms with E-state index in [0.717, 1.165) is 38.5 Å². The Balaban J connectivity index is 1.93. The quantitative estimate of drug-likeness (QED) is 0.673. The molecule has 0 N–H and O–H groups in total. The van der Waals surface area contributed by atoms with Gasteiger partial charge in [0.05, 0.1) is 6.07 Å². The summed E-state index contributed by atoms with van der Waals surface area (Å²) in [7, 11) is 0. The Hall–Kier alpha value is -1.04. The van der Waals surface area contributed by atoms with Crippen LogP contribution < -0.4 is 0 Å². The third-order valence-electron chi connectivity index (χ3n) is 3.89. The average molecular weight is 221 g/mol. The van der Waals surface area contributed by atoms with Crippen LogP contribution in [0.3, 0.4) is 0 Å². The minimum Gasteiger partial charge on any atom is -0.461 e. The summed E-state index contributed by atoms with van der Waals surface area (Å²) in [6, 6.07) is 2.19. The molecule has 2 aliphatic rings. The topological polar surface area (TPSA) is 50.1 Å². The normalized spacial score (nSPS) is 24.9. The molecular formula is C13H19NO2. The van der Waals surface area contributed by atoms with Gasteiger partial charge in [0.2, 0.25) is 0 Å². The van der Waals surface area contributed by atoms with E-state index < -0.39 is 5.41 Å². The van der Waals surface area contributed by atoms with Crippen LogP contribution in [-0.4, -0.2) is 12.1 Å². The number of carbonyl (C=O) groups is 1. The lowest BCUT2D eigenvalue weighted by atomic mass is 9.88. The Kier molecular flexibility index (Phi) is 3.48. The summed E-state index contributed by atoms with van der Waals surface area (Å²) in [5, 5.41) is 9.17. The summed E-state index contributed by atoms with van der Waals surface area (Å²) in [5.74, 6) is -0.251. The Bertz CT molecular complexity index is 294. The van der Waals surface area contributed by atoms with Gasteiger partial charge in [-0.2, -0.15) is 5.26 Å². The van der Waals surface area contributed by atoms with Gasteiger partial charge in [0, 0.05) is 0 Å². The molecule has 2 aliphatic carbocycles. The van der Waals surface area contributed by atoms with Gasteiger partial charge in [-0.05, 0) is 38.5 Å². The van der Waals surface area contributed by atoms with Crippen LogP contribution in [0.2, 0.25) is 0 Å². The first kappa shape index (κ1) is 11.4. The number of nitriles is 1. The zero-order valence-electron chi connectivity index (χ0n) is 9.71. The summed E-state index contributed by atoms with van der Waals surface area (Å²) >= 11 is 0. The summed E-state index contributed by atoms with van der Waals surface area (Å²) in [5.41, 5.74) is -0.808. The van der Waals surface area contributed by atoms with Crippen molar-refractivity contribution in [3.8, 4) is 6.07 Å². The first-order valence-electron chi connectivity index (χ1n) is 6.39. The van der Waals surface area contributed by atoms with Crippen molar-refractivity contribution in [1.29, 1.82) is 5.26 Å². The minimum absolute atomic E-state index is 0.0760. The van der Waals surface area contributed by atoms with Crippen molar-refractivity contribution < 1.29 is 9.53 Å². The maximum absolute atomic E-state index is 12.0. The van der Waals surface area contributed by atoms with Crippen LogP contribution in [0.25, 0.3) is 0 Å². The number of esters is 1. The molecular weight excluding hydrogens is 202 g/mol. The van der Waals surface area contributed by atoms with Gasteiger partial charge in [-0.15, -0.1) is 0 Å². The molecule has 2 saturated carbocycles. The molecule has 0 aromatic rings. The molecule has 2 rings (SSSR count). The molecule has 0 spiro atoms. The van der Waals surface area contributed by atoms with Crippen molar-refractivity contribution in [1.82, 2.24) is 0 Å². The molecule has 88 valence electrons. The van der Waals surface area contributed by atoms with E-state index in [-0.39, 0.29) is 12.1 Å². The lowest BCUT2D eigenvalue weighted by molar-refractivity contribution is -0.159. The van der Waals surface area contributed by atoms with Crippen LogP contribution in [-0.2, 0) is 9.53 Å². The number of carbonyl (C=O) groups excluding carboxylic acids is 1. The van der Waals surface area contributed by atoms with Crippen molar-refractivity contribution in [3.63, 3.8) is 0 Å². The fourth-order valence-corrected chi connectivity index (χ4v) is 2.79. The summed E-state index contributed by atoms with van der Waals surface area (Å²) in [6.45, 7) is 0. The first-order valence-corrected chi connectivity index (χ1v) is 6.39. The highest BCUT2D eigenvalue weighted by Gasteiger charge is 2.43. The molecule has 0 heterocycles. The van der Waals surface area contributed by atoms with Gasteiger partial charge in [-0.1, -0.05) is 19.3 Å². The van der Waals surface area contributed by atoms with Crippen molar-refractivity contribution in [2.24, 2.45) is 5.41 Å². The highest BCUT2D eigenvalue weighted by Crippen LogP contribution is 2.39. The lowest BCUT2D eigenvalue weighted by Crippen LogP contribution is -2.32. The molecule has 0 amide bonds. The van der Waals surface area contributed by atoms with E-state index in [2.05, 4.69) is 6.07 Å². The maximum atomic E-state index is 12.0. The molecule has 2 fully saturated rings. The van der Waals surface area contributed by atoms with Gasteiger partial charge in [0.25, 0.3) is 0 Å². The van der Waals surface area contributed by atoms with Crippen molar-refractivity contribution in [2.45, 2.75) is 63.9 Å². The molecule has 0 atom stereocenters. The van der Waals surface area contributed by atoms with E-state index in [1.807, 2.05) is 0 Å². The second-order valence-electron chi connectivity index (χ2n) is 5.07. The summed E-state index contributed by atoms with van der Waals surface area (Å²) in [6.07, 6.45) is 8.92. The van der Waals surface area contributed by atoms with E-state index in [0.29, 0.717) is 12.8 Å². The average Bonchev–Trinajstić information content (AvgIpc) is 2.80. The Labute approximate surface area is 96.8 Å². The van der Waals surface area contributed by atoms with Gasteiger partial charge in [-0.25, -0.2) is 0 Å². The van der Waals surface area contributed by atoms with Crippen LogP contribution in [0.1, 0.15) is 57.8 Å². The van der Waals surface area contributed by atoms with Crippen molar-refractivity contribution in [3.05, 3.63) is 0 Å². The van der Waals surface area contributed by atoms with Crippen LogP contribution in [0.15, 0.2) is 0 Å². The molecule has 16 heavy (non-hydrogen) atoms. The molecule has 0 aromatic carbocycles. The monoisotopic (exact) mass is 221 g/mol. The van der Waals surface area contributed by atoms with Crippen LogP contribution in [0, 0.1) is 16.7 Å². The molecule has 0 aromatic heterocycles. The van der Waals surface area contributed by atoms with E-state index in [1.54, 1.807) is 0 Å². The number of ether oxygens (including phenoxy) is 1. The molecule has 0 saturated heterocycles. The zero-order valence-corrected chi connectivity index (χ0v) is 9.71.